The lowest BCUT2D eigenvalue weighted by molar-refractivity contribution is -0.118. The molecule has 0 bridgehead atoms. The highest BCUT2D eigenvalue weighted by Crippen LogP contribution is 2.36. The Morgan fingerprint density at radius 2 is 1.72 bits per heavy atom. The second-order valence-electron chi connectivity index (χ2n) is 8.18. The summed E-state index contributed by atoms with van der Waals surface area (Å²) in [5, 5.41) is 0.567. The molecule has 0 saturated heterocycles. The number of rotatable bonds is 6. The van der Waals surface area contributed by atoms with Crippen molar-refractivity contribution in [1.82, 2.24) is 9.88 Å². The highest BCUT2D eigenvalue weighted by Gasteiger charge is 2.37. The largest absolute Gasteiger partial charge is 0.486 e. The number of hydrogen-bond acceptors (Lipinski definition) is 6. The fraction of sp³-hybridized carbons (Fsp3) is 0.154. The summed E-state index contributed by atoms with van der Waals surface area (Å²) in [4.78, 5) is 44.9. The molecule has 0 atom stereocenters. The fourth-order valence-electron chi connectivity index (χ4n) is 4.04. The molecular weight excluding hydrogens is 505 g/mol. The molecule has 0 unspecified atom stereocenters. The number of para-hydroxylation sites is 1. The topological polar surface area (TPSA) is 93.0 Å². The number of fused-ring (bicyclic) bond motifs is 2. The average molecular weight is 524 g/mol. The number of imide groups is 1. The van der Waals surface area contributed by atoms with E-state index >= 15 is 0 Å². The van der Waals surface area contributed by atoms with E-state index in [-0.39, 0.29) is 22.8 Å². The van der Waals surface area contributed by atoms with Crippen LogP contribution in [0, 0.1) is 6.92 Å². The zero-order chi connectivity index (χ0) is 25.6. The third-order valence-electron chi connectivity index (χ3n) is 5.93. The Kier molecular flexibility index (Phi) is 6.15. The van der Waals surface area contributed by atoms with Gasteiger partial charge in [-0.3, -0.25) is 19.3 Å². The van der Waals surface area contributed by atoms with E-state index in [0.29, 0.717) is 39.0 Å². The van der Waals surface area contributed by atoms with Gasteiger partial charge < -0.3 is 14.1 Å². The van der Waals surface area contributed by atoms with Crippen molar-refractivity contribution in [1.29, 1.82) is 0 Å². The third-order valence-corrected chi connectivity index (χ3v) is 6.71. The second kappa shape index (κ2) is 9.29. The first-order valence-corrected chi connectivity index (χ1v) is 11.7. The number of aromatic nitrogens is 1. The van der Waals surface area contributed by atoms with Crippen molar-refractivity contribution in [2.45, 2.75) is 13.5 Å². The van der Waals surface area contributed by atoms with Gasteiger partial charge in [-0.05, 0) is 36.4 Å². The number of oxazole rings is 1. The van der Waals surface area contributed by atoms with Crippen LogP contribution in [0.5, 0.6) is 5.75 Å². The molecule has 8 nitrogen and oxygen atoms in total. The number of anilines is 1. The summed E-state index contributed by atoms with van der Waals surface area (Å²) in [5.41, 5.74) is 2.55. The molecular formula is C26H19Cl2N3O5. The fourth-order valence-corrected chi connectivity index (χ4v) is 4.64. The minimum absolute atomic E-state index is 0.0109. The normalized spacial score (nSPS) is 12.8. The van der Waals surface area contributed by atoms with E-state index in [1.807, 2.05) is 0 Å². The van der Waals surface area contributed by atoms with Crippen LogP contribution in [0.4, 0.5) is 5.69 Å². The number of ether oxygens (including phenoxy) is 1. The summed E-state index contributed by atoms with van der Waals surface area (Å²) < 4.78 is 11.5. The number of nitrogens with zero attached hydrogens (tertiary/aromatic N) is 3. The first kappa shape index (κ1) is 23.8. The molecule has 0 fully saturated rings. The molecule has 0 saturated carbocycles. The maximum absolute atomic E-state index is 13.1. The van der Waals surface area contributed by atoms with Gasteiger partial charge in [0, 0.05) is 24.6 Å². The van der Waals surface area contributed by atoms with Gasteiger partial charge in [-0.15, -0.1) is 0 Å². The van der Waals surface area contributed by atoms with Gasteiger partial charge in [0.05, 0.1) is 21.8 Å². The van der Waals surface area contributed by atoms with Crippen LogP contribution >= 0.6 is 23.2 Å². The van der Waals surface area contributed by atoms with E-state index in [1.54, 1.807) is 61.5 Å². The van der Waals surface area contributed by atoms with Crippen molar-refractivity contribution in [3.05, 3.63) is 87.2 Å². The smallest absolute Gasteiger partial charge is 0.262 e. The van der Waals surface area contributed by atoms with Crippen LogP contribution in [0.15, 0.2) is 59.0 Å². The Labute approximate surface area is 216 Å². The number of carbonyl (C=O) groups is 3. The van der Waals surface area contributed by atoms with Gasteiger partial charge >= 0.3 is 0 Å². The van der Waals surface area contributed by atoms with Crippen molar-refractivity contribution >= 4 is 57.7 Å². The van der Waals surface area contributed by atoms with E-state index in [4.69, 9.17) is 32.4 Å². The van der Waals surface area contributed by atoms with Gasteiger partial charge in [-0.1, -0.05) is 41.4 Å². The lowest BCUT2D eigenvalue weighted by Gasteiger charge is -2.23. The molecule has 0 N–H and O–H groups in total. The molecule has 3 aromatic carbocycles. The van der Waals surface area contributed by atoms with E-state index in [1.165, 1.54) is 11.9 Å². The summed E-state index contributed by atoms with van der Waals surface area (Å²) in [6.45, 7) is 1.33. The van der Waals surface area contributed by atoms with E-state index in [0.717, 1.165) is 4.90 Å². The minimum Gasteiger partial charge on any atom is -0.486 e. The monoisotopic (exact) mass is 523 g/mol. The maximum atomic E-state index is 13.1. The number of amides is 3. The van der Waals surface area contributed by atoms with Gasteiger partial charge in [0.15, 0.2) is 17.0 Å². The van der Waals surface area contributed by atoms with Crippen molar-refractivity contribution < 1.29 is 23.5 Å². The number of carbonyl (C=O) groups excluding carboxylic acids is 3. The number of likely N-dealkylation sites (N-methyl/N-ethyl adjacent to an activating group) is 1. The zero-order valence-electron chi connectivity index (χ0n) is 19.2. The van der Waals surface area contributed by atoms with Gasteiger partial charge in [-0.25, -0.2) is 4.98 Å². The molecule has 10 heteroatoms. The first-order chi connectivity index (χ1) is 17.3. The highest BCUT2D eigenvalue weighted by atomic mass is 35.5. The lowest BCUT2D eigenvalue weighted by Crippen LogP contribution is -2.41. The van der Waals surface area contributed by atoms with Gasteiger partial charge in [0.2, 0.25) is 5.91 Å². The van der Waals surface area contributed by atoms with Crippen LogP contribution in [0.25, 0.3) is 11.1 Å². The molecule has 4 aromatic rings. The van der Waals surface area contributed by atoms with E-state index < -0.39 is 24.3 Å². The van der Waals surface area contributed by atoms with Crippen molar-refractivity contribution in [3.8, 4) is 5.75 Å². The van der Waals surface area contributed by atoms with Crippen LogP contribution in [-0.2, 0) is 11.4 Å². The molecule has 1 aromatic heterocycles. The summed E-state index contributed by atoms with van der Waals surface area (Å²) in [7, 11) is 1.51. The molecule has 2 heterocycles. The quantitative estimate of drug-likeness (QED) is 0.319. The van der Waals surface area contributed by atoms with Crippen molar-refractivity contribution in [2.75, 3.05) is 18.5 Å². The number of aryl methyl sites for hydroxylation is 1. The second-order valence-corrected chi connectivity index (χ2v) is 8.96. The van der Waals surface area contributed by atoms with Gasteiger partial charge in [0.1, 0.15) is 18.9 Å². The van der Waals surface area contributed by atoms with Gasteiger partial charge in [0.25, 0.3) is 11.8 Å². The van der Waals surface area contributed by atoms with Crippen LogP contribution in [-0.4, -0.2) is 41.2 Å². The maximum Gasteiger partial charge on any atom is 0.262 e. The Hall–Kier alpha value is -3.88. The van der Waals surface area contributed by atoms with E-state index in [9.17, 15) is 14.4 Å². The summed E-state index contributed by atoms with van der Waals surface area (Å²) >= 11 is 13.1. The van der Waals surface area contributed by atoms with E-state index in [2.05, 4.69) is 4.98 Å². The molecule has 5 rings (SSSR count). The Bertz CT molecular complexity index is 1510. The van der Waals surface area contributed by atoms with Crippen molar-refractivity contribution in [2.24, 2.45) is 0 Å². The standard InChI is InChI=1S/C26H19Cl2N3O5/c1-14-29-24-20(8-5-9-21(24)36-14)35-13-17-18(27)10-11-19(23(17)28)30(2)22(32)12-31-25(33)15-6-3-4-7-16(15)26(31)34/h3-11H,12-13H2,1-2H3. The Morgan fingerprint density at radius 3 is 2.42 bits per heavy atom. The number of hydrogen-bond donors (Lipinski definition) is 0. The van der Waals surface area contributed by atoms with Gasteiger partial charge in [-0.2, -0.15) is 0 Å². The summed E-state index contributed by atoms with van der Waals surface area (Å²) in [6.07, 6.45) is 0. The molecule has 1 aliphatic rings. The SMILES string of the molecule is Cc1nc2c(OCc3c(Cl)ccc(N(C)C(=O)CN4C(=O)c5ccccc5C4=O)c3Cl)cccc2o1. The Morgan fingerprint density at radius 1 is 1.03 bits per heavy atom. The highest BCUT2D eigenvalue weighted by molar-refractivity contribution is 6.38. The predicted octanol–water partition coefficient (Wildman–Crippen LogP) is 5.28. The molecule has 3 amide bonds. The average Bonchev–Trinajstić information content (AvgIpc) is 3.36. The van der Waals surface area contributed by atoms with Crippen LogP contribution in [0.3, 0.4) is 0 Å². The molecule has 36 heavy (non-hydrogen) atoms. The lowest BCUT2D eigenvalue weighted by atomic mass is 10.1. The van der Waals surface area contributed by atoms with Crippen molar-refractivity contribution in [3.63, 3.8) is 0 Å². The minimum atomic E-state index is -0.508. The Balaban J connectivity index is 1.35. The summed E-state index contributed by atoms with van der Waals surface area (Å²) in [6, 6.07) is 15.0. The third kappa shape index (κ3) is 4.08. The predicted molar refractivity (Wildman–Crippen MR) is 135 cm³/mol. The van der Waals surface area contributed by atoms with Crippen LogP contribution in [0.1, 0.15) is 32.2 Å². The van der Waals surface area contributed by atoms with Crippen LogP contribution in [0.2, 0.25) is 10.0 Å². The molecule has 1 aliphatic heterocycles. The molecule has 0 spiro atoms. The van der Waals surface area contributed by atoms with Crippen LogP contribution < -0.4 is 9.64 Å². The number of halogens is 2. The molecule has 0 aliphatic carbocycles. The molecule has 0 radical (unpaired) electrons. The summed E-state index contributed by atoms with van der Waals surface area (Å²) in [5.74, 6) is -0.505. The zero-order valence-corrected chi connectivity index (χ0v) is 20.8. The first-order valence-electron chi connectivity index (χ1n) is 10.9. The molecule has 182 valence electrons. The number of benzene rings is 3.